The number of nitrogens with zero attached hydrogens (tertiary/aromatic N) is 2. The van der Waals surface area contributed by atoms with Gasteiger partial charge in [-0.25, -0.2) is 8.42 Å². The predicted molar refractivity (Wildman–Crippen MR) is 132 cm³/mol. The van der Waals surface area contributed by atoms with Gasteiger partial charge in [-0.1, -0.05) is 36.6 Å². The topological polar surface area (TPSA) is 86.8 Å². The van der Waals surface area contributed by atoms with Gasteiger partial charge in [0.25, 0.3) is 0 Å². The first-order chi connectivity index (χ1) is 16.0. The van der Waals surface area contributed by atoms with Crippen LogP contribution in [0.1, 0.15) is 49.3 Å². The van der Waals surface area contributed by atoms with E-state index in [1.807, 2.05) is 39.0 Å². The minimum absolute atomic E-state index is 0.0459. The summed E-state index contributed by atoms with van der Waals surface area (Å²) < 4.78 is 28.1. The zero-order valence-corrected chi connectivity index (χ0v) is 21.1. The molecule has 1 saturated carbocycles. The van der Waals surface area contributed by atoms with Crippen molar-refractivity contribution in [2.45, 2.75) is 69.9 Å². The highest BCUT2D eigenvalue weighted by atomic mass is 32.2. The fourth-order valence-corrected chi connectivity index (χ4v) is 6.57. The lowest BCUT2D eigenvalue weighted by Gasteiger charge is -2.47. The van der Waals surface area contributed by atoms with E-state index in [9.17, 15) is 18.0 Å². The Morgan fingerprint density at radius 2 is 1.56 bits per heavy atom. The Bertz CT molecular complexity index is 1180. The summed E-state index contributed by atoms with van der Waals surface area (Å²) in [6.07, 6.45) is 3.89. The largest absolute Gasteiger partial charge is 0.351 e. The number of hydrogen-bond donors (Lipinski definition) is 1. The van der Waals surface area contributed by atoms with Crippen LogP contribution in [0.15, 0.2) is 47.4 Å². The van der Waals surface area contributed by atoms with E-state index in [2.05, 4.69) is 5.32 Å². The number of benzene rings is 2. The first-order valence-electron chi connectivity index (χ1n) is 11.8. The summed E-state index contributed by atoms with van der Waals surface area (Å²) in [6, 6.07) is 12.3. The highest BCUT2D eigenvalue weighted by Crippen LogP contribution is 2.34. The Kier molecular flexibility index (Phi) is 6.57. The summed E-state index contributed by atoms with van der Waals surface area (Å²) in [5.74, 6) is -0.744. The molecule has 1 atom stereocenters. The molecule has 0 radical (unpaired) electrons. The van der Waals surface area contributed by atoms with Crippen LogP contribution in [0.5, 0.6) is 0 Å². The average Bonchev–Trinajstić information content (AvgIpc) is 3.26. The van der Waals surface area contributed by atoms with Crippen LogP contribution in [0.25, 0.3) is 0 Å². The number of aryl methyl sites for hydroxylation is 3. The van der Waals surface area contributed by atoms with Gasteiger partial charge in [0.05, 0.1) is 11.4 Å². The van der Waals surface area contributed by atoms with Gasteiger partial charge in [0.2, 0.25) is 21.8 Å². The second-order valence-electron chi connectivity index (χ2n) is 9.89. The van der Waals surface area contributed by atoms with Crippen molar-refractivity contribution in [3.05, 3.63) is 59.2 Å². The molecule has 0 aromatic heterocycles. The predicted octanol–water partition coefficient (Wildman–Crippen LogP) is 3.47. The molecule has 4 rings (SSSR count). The first-order valence-corrected chi connectivity index (χ1v) is 13.2. The van der Waals surface area contributed by atoms with Gasteiger partial charge in [-0.15, -0.1) is 0 Å². The minimum atomic E-state index is -3.96. The van der Waals surface area contributed by atoms with Crippen LogP contribution in [0.4, 0.5) is 5.69 Å². The number of hydrogen-bond acceptors (Lipinski definition) is 4. The van der Waals surface area contributed by atoms with E-state index in [0.717, 1.165) is 46.7 Å². The van der Waals surface area contributed by atoms with Gasteiger partial charge in [0.15, 0.2) is 0 Å². The molecular formula is C26H33N3O4S. The Balaban J connectivity index is 1.75. The Labute approximate surface area is 202 Å². The molecule has 0 spiro atoms. The van der Waals surface area contributed by atoms with Crippen molar-refractivity contribution in [1.82, 2.24) is 9.62 Å². The van der Waals surface area contributed by atoms with E-state index in [1.165, 1.54) is 4.90 Å². The van der Waals surface area contributed by atoms with Crippen molar-refractivity contribution < 1.29 is 18.0 Å². The SMILES string of the molecule is Cc1ccc(S(=O)(=O)N2CC(=O)N(c3cc(C)cc(C)c3)[C@](C)(C(=O)NC3CCCC3)C2)cc1. The van der Waals surface area contributed by atoms with E-state index in [1.54, 1.807) is 31.2 Å². The molecule has 1 heterocycles. The molecule has 8 heteroatoms. The first kappa shape index (κ1) is 24.4. The fraction of sp³-hybridized carbons (Fsp3) is 0.462. The van der Waals surface area contributed by atoms with Gasteiger partial charge >= 0.3 is 0 Å². The minimum Gasteiger partial charge on any atom is -0.351 e. The summed E-state index contributed by atoms with van der Waals surface area (Å²) in [5.41, 5.74) is 2.09. The van der Waals surface area contributed by atoms with E-state index in [0.29, 0.717) is 5.69 Å². The third-order valence-corrected chi connectivity index (χ3v) is 8.65. The highest BCUT2D eigenvalue weighted by molar-refractivity contribution is 7.89. The third-order valence-electron chi connectivity index (χ3n) is 6.84. The van der Waals surface area contributed by atoms with E-state index < -0.39 is 21.5 Å². The number of nitrogens with one attached hydrogen (secondary N) is 1. The molecule has 1 saturated heterocycles. The number of amides is 2. The van der Waals surface area contributed by atoms with E-state index >= 15 is 0 Å². The van der Waals surface area contributed by atoms with Gasteiger partial charge in [-0.2, -0.15) is 4.31 Å². The van der Waals surface area contributed by atoms with Crippen LogP contribution in [0, 0.1) is 20.8 Å². The summed E-state index contributed by atoms with van der Waals surface area (Å²) in [6.45, 7) is 6.98. The quantitative estimate of drug-likeness (QED) is 0.706. The molecule has 2 amide bonds. The molecule has 2 aliphatic rings. The second-order valence-corrected chi connectivity index (χ2v) is 11.8. The van der Waals surface area contributed by atoms with Crippen LogP contribution in [0.3, 0.4) is 0 Å². The van der Waals surface area contributed by atoms with Crippen molar-refractivity contribution >= 4 is 27.5 Å². The second kappa shape index (κ2) is 9.15. The van der Waals surface area contributed by atoms with Crippen LogP contribution in [0.2, 0.25) is 0 Å². The summed E-state index contributed by atoms with van der Waals surface area (Å²) in [4.78, 5) is 28.9. The molecular weight excluding hydrogens is 450 g/mol. The number of anilines is 1. The van der Waals surface area contributed by atoms with Gasteiger partial charge in [0.1, 0.15) is 5.54 Å². The Morgan fingerprint density at radius 3 is 2.15 bits per heavy atom. The highest BCUT2D eigenvalue weighted by Gasteiger charge is 2.51. The molecule has 1 aliphatic carbocycles. The summed E-state index contributed by atoms with van der Waals surface area (Å²) in [7, 11) is -3.96. The van der Waals surface area contributed by atoms with Crippen LogP contribution in [-0.4, -0.2) is 49.2 Å². The van der Waals surface area contributed by atoms with Gasteiger partial charge in [-0.05, 0) is 75.9 Å². The lowest BCUT2D eigenvalue weighted by atomic mass is 9.93. The molecule has 1 N–H and O–H groups in total. The van der Waals surface area contributed by atoms with Gasteiger partial charge < -0.3 is 5.32 Å². The zero-order chi connectivity index (χ0) is 24.7. The molecule has 2 fully saturated rings. The maximum absolute atomic E-state index is 13.7. The third kappa shape index (κ3) is 4.61. The number of sulfonamides is 1. The molecule has 34 heavy (non-hydrogen) atoms. The number of piperazine rings is 1. The van der Waals surface area contributed by atoms with Crippen molar-refractivity contribution in [3.63, 3.8) is 0 Å². The normalized spacial score (nSPS) is 22.2. The molecule has 7 nitrogen and oxygen atoms in total. The number of carbonyl (C=O) groups excluding carboxylic acids is 2. The van der Waals surface area contributed by atoms with Crippen LogP contribution in [-0.2, 0) is 19.6 Å². The van der Waals surface area contributed by atoms with Crippen molar-refractivity contribution in [2.24, 2.45) is 0 Å². The number of carbonyl (C=O) groups is 2. The maximum atomic E-state index is 13.7. The zero-order valence-electron chi connectivity index (χ0n) is 20.3. The van der Waals surface area contributed by atoms with Crippen molar-refractivity contribution in [2.75, 3.05) is 18.0 Å². The van der Waals surface area contributed by atoms with Crippen LogP contribution >= 0.6 is 0 Å². The lowest BCUT2D eigenvalue weighted by molar-refractivity contribution is -0.133. The monoisotopic (exact) mass is 483 g/mol. The van der Waals surface area contributed by atoms with E-state index in [4.69, 9.17) is 0 Å². The Hall–Kier alpha value is -2.71. The fourth-order valence-electron chi connectivity index (χ4n) is 5.09. The molecule has 0 unspecified atom stereocenters. The van der Waals surface area contributed by atoms with Crippen LogP contribution < -0.4 is 10.2 Å². The molecule has 1 aliphatic heterocycles. The summed E-state index contributed by atoms with van der Waals surface area (Å²) >= 11 is 0. The molecule has 2 aromatic carbocycles. The smallest absolute Gasteiger partial charge is 0.247 e. The van der Waals surface area contributed by atoms with Crippen molar-refractivity contribution in [1.29, 1.82) is 0 Å². The van der Waals surface area contributed by atoms with E-state index in [-0.39, 0.29) is 29.9 Å². The molecule has 2 aromatic rings. The average molecular weight is 484 g/mol. The molecule has 182 valence electrons. The lowest BCUT2D eigenvalue weighted by Crippen LogP contribution is -2.70. The maximum Gasteiger partial charge on any atom is 0.247 e. The van der Waals surface area contributed by atoms with Gasteiger partial charge in [0, 0.05) is 18.3 Å². The standard InChI is InChI=1S/C26H33N3O4S/c1-18-9-11-23(12-10-18)34(32,33)28-16-24(30)29(22-14-19(2)13-20(3)15-22)26(4,17-28)25(31)27-21-7-5-6-8-21/h9-15,21H,5-8,16-17H2,1-4H3,(H,27,31)/t26-/m0/s1. The van der Waals surface area contributed by atoms with Crippen molar-refractivity contribution in [3.8, 4) is 0 Å². The summed E-state index contributed by atoms with van der Waals surface area (Å²) in [5, 5.41) is 3.10. The number of rotatable bonds is 5. The molecule has 0 bridgehead atoms. The Morgan fingerprint density at radius 1 is 0.971 bits per heavy atom. The van der Waals surface area contributed by atoms with Gasteiger partial charge in [-0.3, -0.25) is 14.5 Å².